The number of aliphatic hydroxyl groups is 9. The van der Waals surface area contributed by atoms with E-state index in [4.69, 9.17) is 46.9 Å². The third kappa shape index (κ3) is 50.5. The van der Waals surface area contributed by atoms with Gasteiger partial charge in [-0.15, -0.1) is 0 Å². The lowest BCUT2D eigenvalue weighted by atomic mass is 9.84. The summed E-state index contributed by atoms with van der Waals surface area (Å²) in [6.45, 7) is 5.58. The van der Waals surface area contributed by atoms with Crippen LogP contribution in [0.25, 0.3) is 0 Å². The average Bonchev–Trinajstić information content (AvgIpc) is 0.753. The smallest absolute Gasteiger partial charge is 0.463 e. The molecule has 0 aromatic carbocycles. The number of carbonyl (C=O) groups excluding carboxylic acids is 4. The largest absolute Gasteiger partial charge is 0.472 e. The number of phosphoric acid groups is 1. The summed E-state index contributed by atoms with van der Waals surface area (Å²) in [6.07, 6.45) is 30.3. The van der Waals surface area contributed by atoms with Crippen LogP contribution in [-0.2, 0) is 70.7 Å². The third-order valence-corrected chi connectivity index (χ3v) is 23.9. The predicted octanol–water partition coefficient (Wildman–Crippen LogP) is 17.3. The van der Waals surface area contributed by atoms with Gasteiger partial charge in [-0.05, 0) is 77.0 Å². The number of unbranched alkanes of at least 4 members (excludes halogenated alkanes) is 48. The summed E-state index contributed by atoms with van der Waals surface area (Å²) in [5.41, 5.74) is 0. The van der Waals surface area contributed by atoms with E-state index in [2.05, 4.69) is 52.0 Å². The summed E-state index contributed by atoms with van der Waals surface area (Å²) >= 11 is 0. The Labute approximate surface area is 704 Å². The summed E-state index contributed by atoms with van der Waals surface area (Å²) in [6, 6.07) is 0. The monoisotopic (exact) mass is 1690 g/mol. The van der Waals surface area contributed by atoms with Gasteiger partial charge in [0.1, 0.15) is 92.6 Å². The molecule has 3 fully saturated rings. The Bertz CT molecular complexity index is 2530. The van der Waals surface area contributed by atoms with E-state index < -0.39 is 162 Å². The maximum absolute atomic E-state index is 14.9. The van der Waals surface area contributed by atoms with Gasteiger partial charge in [-0.25, -0.2) is 4.57 Å². The van der Waals surface area contributed by atoms with Crippen LogP contribution in [0.5, 0.6) is 0 Å². The van der Waals surface area contributed by atoms with E-state index in [0.717, 1.165) is 141 Å². The summed E-state index contributed by atoms with van der Waals surface area (Å²) in [7, 11) is -5.81. The summed E-state index contributed by atoms with van der Waals surface area (Å²) in [4.78, 5) is 66.4. The first-order valence-corrected chi connectivity index (χ1v) is 48.6. The van der Waals surface area contributed by atoms with Gasteiger partial charge in [-0.2, -0.15) is 0 Å². The normalized spacial score (nSPS) is 25.1. The molecule has 0 amide bonds. The molecule has 25 nitrogen and oxygen atoms in total. The lowest BCUT2D eigenvalue weighted by Crippen LogP contribution is -2.70. The molecular weight excluding hydrogens is 1520 g/mol. The highest BCUT2D eigenvalue weighted by atomic mass is 31.2. The maximum Gasteiger partial charge on any atom is 0.472 e. The lowest BCUT2D eigenvalue weighted by molar-refractivity contribution is -0.360. The molecule has 1 aliphatic carbocycles. The van der Waals surface area contributed by atoms with E-state index >= 15 is 0 Å². The highest BCUT2D eigenvalue weighted by Crippen LogP contribution is 2.49. The highest BCUT2D eigenvalue weighted by molar-refractivity contribution is 7.47. The molecule has 26 heteroatoms. The minimum atomic E-state index is -5.81. The molecule has 1 saturated carbocycles. The van der Waals surface area contributed by atoms with Crippen LogP contribution in [0.15, 0.2) is 24.3 Å². The fourth-order valence-electron chi connectivity index (χ4n) is 15.4. The molecule has 2 heterocycles. The standard InChI is InChI=1S/C91H167O25P/c1-5-9-13-17-21-25-29-33-36-40-43-47-51-55-59-63-74(93)107-68-71(110-76(95)65-61-57-53-49-46-42-38-35-31-27-23-19-15-11-7-3)69-109-117(105,106)116-89-87(114-90-84(103)80(99)78(97)72(67-92)111-90)83(102)82(101)86(113-77(96)66-62-58-54-50-45-39-32-28-24-20-16-12-8-4)88(89)115-91-85(104)81(100)79(98)73(112-91)70-108-75(94)64-60-56-52-48-44-41-37-34-30-26-22-18-14-10-6-2/h26,30,39,45,71-73,78-92,97-104H,5-25,27-29,31-38,40-44,46-70H2,1-4H3,(H,105,106)/b30-26-,45-39-. The van der Waals surface area contributed by atoms with Crippen LogP contribution in [0.3, 0.4) is 0 Å². The number of hydrogen-bond acceptors (Lipinski definition) is 24. The molecule has 2 aliphatic heterocycles. The first kappa shape index (κ1) is 108. The van der Waals surface area contributed by atoms with Crippen molar-refractivity contribution in [3.8, 4) is 0 Å². The zero-order chi connectivity index (χ0) is 85.4. The fourth-order valence-corrected chi connectivity index (χ4v) is 16.4. The van der Waals surface area contributed by atoms with Crippen molar-refractivity contribution < 1.29 is 122 Å². The molecular formula is C91H167O25P. The summed E-state index contributed by atoms with van der Waals surface area (Å²) < 4.78 is 73.4. The van der Waals surface area contributed by atoms with E-state index in [-0.39, 0.29) is 32.1 Å². The molecule has 686 valence electrons. The summed E-state index contributed by atoms with van der Waals surface area (Å²) in [5.74, 6) is -2.98. The molecule has 2 saturated heterocycles. The minimum Gasteiger partial charge on any atom is -0.463 e. The second kappa shape index (κ2) is 70.3. The van der Waals surface area contributed by atoms with Crippen molar-refractivity contribution in [3.05, 3.63) is 24.3 Å². The zero-order valence-electron chi connectivity index (χ0n) is 73.0. The predicted molar refractivity (Wildman–Crippen MR) is 453 cm³/mol. The van der Waals surface area contributed by atoms with Gasteiger partial charge in [0.15, 0.2) is 24.8 Å². The molecule has 3 rings (SSSR count). The molecule has 0 spiro atoms. The van der Waals surface area contributed by atoms with Crippen molar-refractivity contribution in [2.24, 2.45) is 0 Å². The lowest BCUT2D eigenvalue weighted by Gasteiger charge is -2.50. The zero-order valence-corrected chi connectivity index (χ0v) is 73.9. The number of allylic oxidation sites excluding steroid dienone is 4. The molecule has 117 heavy (non-hydrogen) atoms. The van der Waals surface area contributed by atoms with Gasteiger partial charge in [-0.3, -0.25) is 28.2 Å². The number of ether oxygens (including phenoxy) is 8. The second-order valence-electron chi connectivity index (χ2n) is 33.5. The van der Waals surface area contributed by atoms with Gasteiger partial charge >= 0.3 is 31.7 Å². The minimum absolute atomic E-state index is 0.00822. The molecule has 18 unspecified atom stereocenters. The fraction of sp³-hybridized carbons (Fsp3) is 0.912. The van der Waals surface area contributed by atoms with Crippen LogP contribution < -0.4 is 0 Å². The summed E-state index contributed by atoms with van der Waals surface area (Å²) in [5, 5.41) is 102. The Hall–Kier alpha value is -3.05. The molecule has 0 aromatic heterocycles. The number of hydrogen-bond donors (Lipinski definition) is 10. The van der Waals surface area contributed by atoms with Gasteiger partial charge in [0.25, 0.3) is 0 Å². The Morgan fingerprint density at radius 1 is 0.333 bits per heavy atom. The van der Waals surface area contributed by atoms with Crippen molar-refractivity contribution in [2.75, 3.05) is 26.4 Å². The van der Waals surface area contributed by atoms with Crippen LogP contribution in [0, 0.1) is 0 Å². The number of rotatable bonds is 76. The van der Waals surface area contributed by atoms with Crippen molar-refractivity contribution in [2.45, 2.75) is 504 Å². The third-order valence-electron chi connectivity index (χ3n) is 22.9. The second-order valence-corrected chi connectivity index (χ2v) is 34.9. The van der Waals surface area contributed by atoms with Crippen LogP contribution in [0.1, 0.15) is 400 Å². The number of aliphatic hydroxyl groups excluding tert-OH is 9. The van der Waals surface area contributed by atoms with Crippen LogP contribution in [0.4, 0.5) is 0 Å². The molecule has 0 radical (unpaired) electrons. The van der Waals surface area contributed by atoms with Gasteiger partial charge in [-0.1, -0.05) is 322 Å². The SMILES string of the molecule is CCCCCC/C=C\CCCCCCCCCC(=O)OCC1OC(OC2C(OC(=O)CCCCC/C=C\CCCCCCCC)C(O)C(O)C(OC3OC(CO)C(O)C(O)C3O)C2OP(=O)(O)OCC(COC(=O)CCCCCCCCCCCCCCCCC)OC(=O)CCCCCCCCCCCCCCCCC)C(O)C(O)C1O. The quantitative estimate of drug-likeness (QED) is 0.00889. The molecule has 0 bridgehead atoms. The first-order valence-electron chi connectivity index (χ1n) is 47.1. The van der Waals surface area contributed by atoms with Crippen molar-refractivity contribution >= 4 is 31.7 Å². The van der Waals surface area contributed by atoms with Gasteiger partial charge in [0.05, 0.1) is 13.2 Å². The van der Waals surface area contributed by atoms with E-state index in [9.17, 15) is 74.6 Å². The Balaban J connectivity index is 1.91. The number of carbonyl (C=O) groups is 4. The molecule has 10 N–H and O–H groups in total. The van der Waals surface area contributed by atoms with Gasteiger partial charge in [0, 0.05) is 25.7 Å². The van der Waals surface area contributed by atoms with Crippen LogP contribution in [0.2, 0.25) is 0 Å². The van der Waals surface area contributed by atoms with Crippen molar-refractivity contribution in [3.63, 3.8) is 0 Å². The topological polar surface area (TPSA) is 380 Å². The first-order chi connectivity index (χ1) is 56.7. The number of esters is 4. The molecule has 18 atom stereocenters. The van der Waals surface area contributed by atoms with Gasteiger partial charge in [0.2, 0.25) is 0 Å². The molecule has 0 aromatic rings. The van der Waals surface area contributed by atoms with Crippen molar-refractivity contribution in [1.82, 2.24) is 0 Å². The average molecular weight is 1690 g/mol. The van der Waals surface area contributed by atoms with E-state index in [1.54, 1.807) is 0 Å². The molecule has 3 aliphatic rings. The number of phosphoric ester groups is 1. The highest BCUT2D eigenvalue weighted by Gasteiger charge is 2.60. The Morgan fingerprint density at radius 2 is 0.641 bits per heavy atom. The van der Waals surface area contributed by atoms with E-state index in [1.807, 2.05) is 0 Å². The van der Waals surface area contributed by atoms with Crippen LogP contribution in [-0.4, -0.2) is 205 Å². The van der Waals surface area contributed by atoms with Crippen molar-refractivity contribution in [1.29, 1.82) is 0 Å². The van der Waals surface area contributed by atoms with Gasteiger partial charge < -0.3 is 88.7 Å². The Morgan fingerprint density at radius 3 is 1.03 bits per heavy atom. The van der Waals surface area contributed by atoms with E-state index in [1.165, 1.54) is 167 Å². The van der Waals surface area contributed by atoms with E-state index in [0.29, 0.717) is 32.1 Å². The van der Waals surface area contributed by atoms with Crippen LogP contribution >= 0.6 is 7.82 Å². The Kier molecular flexibility index (Phi) is 64.9. The maximum atomic E-state index is 14.9.